The number of amides is 1. The summed E-state index contributed by atoms with van der Waals surface area (Å²) in [4.78, 5) is 23.0. The van der Waals surface area contributed by atoms with E-state index in [1.807, 2.05) is 25.1 Å². The molecule has 0 saturated carbocycles. The van der Waals surface area contributed by atoms with E-state index in [2.05, 4.69) is 11.4 Å². The van der Waals surface area contributed by atoms with Crippen molar-refractivity contribution >= 4 is 11.7 Å². The second-order valence-electron chi connectivity index (χ2n) is 5.80. The average molecular weight is 325 g/mol. The van der Waals surface area contributed by atoms with Crippen LogP contribution in [0.3, 0.4) is 0 Å². The fourth-order valence-electron chi connectivity index (χ4n) is 2.32. The molecule has 1 N–H and O–H groups in total. The highest BCUT2D eigenvalue weighted by molar-refractivity contribution is 5.94. The zero-order valence-corrected chi connectivity index (χ0v) is 14.2. The SMILES string of the molecule is CC(=O)c1ccc(OCCCC(=O)NCc2cccc(C)c2)cc1. The van der Waals surface area contributed by atoms with Crippen molar-refractivity contribution in [3.8, 4) is 5.75 Å². The van der Waals surface area contributed by atoms with Gasteiger partial charge in [0.1, 0.15) is 5.75 Å². The van der Waals surface area contributed by atoms with Crippen LogP contribution in [0.2, 0.25) is 0 Å². The smallest absolute Gasteiger partial charge is 0.220 e. The second-order valence-corrected chi connectivity index (χ2v) is 5.80. The van der Waals surface area contributed by atoms with Crippen molar-refractivity contribution in [2.45, 2.75) is 33.2 Å². The number of carbonyl (C=O) groups excluding carboxylic acids is 2. The summed E-state index contributed by atoms with van der Waals surface area (Å²) >= 11 is 0. The molecule has 0 aliphatic carbocycles. The minimum atomic E-state index is 0.0204. The standard InChI is InChI=1S/C20H23NO3/c1-15-5-3-6-17(13-15)14-21-20(23)7-4-12-24-19-10-8-18(9-11-19)16(2)22/h3,5-6,8-11,13H,4,7,12,14H2,1-2H3,(H,21,23). The van der Waals surface area contributed by atoms with Crippen molar-refractivity contribution in [2.24, 2.45) is 0 Å². The Labute approximate surface area is 142 Å². The molecule has 2 rings (SSSR count). The van der Waals surface area contributed by atoms with Crippen LogP contribution >= 0.6 is 0 Å². The first kappa shape index (κ1) is 17.7. The number of aryl methyl sites for hydroxylation is 1. The maximum absolute atomic E-state index is 11.8. The maximum atomic E-state index is 11.8. The first-order valence-corrected chi connectivity index (χ1v) is 8.10. The van der Waals surface area contributed by atoms with Crippen LogP contribution in [0, 0.1) is 6.92 Å². The van der Waals surface area contributed by atoms with Crippen molar-refractivity contribution in [1.82, 2.24) is 5.32 Å². The summed E-state index contributed by atoms with van der Waals surface area (Å²) < 4.78 is 5.58. The minimum absolute atomic E-state index is 0.0204. The Morgan fingerprint density at radius 1 is 1.08 bits per heavy atom. The lowest BCUT2D eigenvalue weighted by Gasteiger charge is -2.08. The predicted molar refractivity (Wildman–Crippen MR) is 94.2 cm³/mol. The first-order valence-electron chi connectivity index (χ1n) is 8.10. The number of ketones is 1. The molecule has 0 aromatic heterocycles. The Morgan fingerprint density at radius 3 is 2.50 bits per heavy atom. The second kappa shape index (κ2) is 8.87. The molecule has 24 heavy (non-hydrogen) atoms. The molecule has 0 aliphatic rings. The molecule has 0 heterocycles. The molecule has 1 amide bonds. The van der Waals surface area contributed by atoms with Crippen LogP contribution in [0.1, 0.15) is 41.3 Å². The largest absolute Gasteiger partial charge is 0.494 e. The van der Waals surface area contributed by atoms with E-state index in [1.54, 1.807) is 24.3 Å². The van der Waals surface area contributed by atoms with Crippen LogP contribution in [0.4, 0.5) is 0 Å². The third-order valence-corrected chi connectivity index (χ3v) is 3.65. The summed E-state index contributed by atoms with van der Waals surface area (Å²) in [5.74, 6) is 0.763. The molecular weight excluding hydrogens is 302 g/mol. The highest BCUT2D eigenvalue weighted by atomic mass is 16.5. The highest BCUT2D eigenvalue weighted by Crippen LogP contribution is 2.13. The summed E-state index contributed by atoms with van der Waals surface area (Å²) in [7, 11) is 0. The third kappa shape index (κ3) is 5.88. The summed E-state index contributed by atoms with van der Waals surface area (Å²) in [6.45, 7) is 4.59. The zero-order valence-electron chi connectivity index (χ0n) is 14.2. The summed E-state index contributed by atoms with van der Waals surface area (Å²) in [5.41, 5.74) is 2.95. The Bertz CT molecular complexity index is 692. The van der Waals surface area contributed by atoms with E-state index >= 15 is 0 Å². The van der Waals surface area contributed by atoms with E-state index in [1.165, 1.54) is 12.5 Å². The quantitative estimate of drug-likeness (QED) is 0.595. The van der Waals surface area contributed by atoms with E-state index in [0.717, 1.165) is 5.56 Å². The number of nitrogens with one attached hydrogen (secondary N) is 1. The number of rotatable bonds is 8. The molecule has 2 aromatic rings. The summed E-state index contributed by atoms with van der Waals surface area (Å²) in [6, 6.07) is 15.1. The Morgan fingerprint density at radius 2 is 1.83 bits per heavy atom. The lowest BCUT2D eigenvalue weighted by molar-refractivity contribution is -0.121. The lowest BCUT2D eigenvalue weighted by Crippen LogP contribution is -2.23. The van der Waals surface area contributed by atoms with Gasteiger partial charge in [0, 0.05) is 18.5 Å². The predicted octanol–water partition coefficient (Wildman–Crippen LogP) is 3.67. The van der Waals surface area contributed by atoms with Gasteiger partial charge in [0.2, 0.25) is 5.91 Å². The Hall–Kier alpha value is -2.62. The monoisotopic (exact) mass is 325 g/mol. The van der Waals surface area contributed by atoms with Crippen LogP contribution in [-0.4, -0.2) is 18.3 Å². The number of carbonyl (C=O) groups is 2. The van der Waals surface area contributed by atoms with Gasteiger partial charge in [-0.05, 0) is 50.1 Å². The van der Waals surface area contributed by atoms with E-state index in [9.17, 15) is 9.59 Å². The third-order valence-electron chi connectivity index (χ3n) is 3.65. The number of hydrogen-bond acceptors (Lipinski definition) is 3. The van der Waals surface area contributed by atoms with E-state index in [0.29, 0.717) is 37.3 Å². The molecule has 4 heteroatoms. The molecular formula is C20H23NO3. The molecule has 0 atom stereocenters. The van der Waals surface area contributed by atoms with Gasteiger partial charge in [-0.1, -0.05) is 29.8 Å². The van der Waals surface area contributed by atoms with E-state index in [4.69, 9.17) is 4.74 Å². The molecule has 0 spiro atoms. The van der Waals surface area contributed by atoms with Gasteiger partial charge in [0.05, 0.1) is 6.61 Å². The molecule has 0 aliphatic heterocycles. The average Bonchev–Trinajstić information content (AvgIpc) is 2.57. The van der Waals surface area contributed by atoms with Gasteiger partial charge in [-0.2, -0.15) is 0 Å². The van der Waals surface area contributed by atoms with Gasteiger partial charge in [0.15, 0.2) is 5.78 Å². The van der Waals surface area contributed by atoms with Gasteiger partial charge >= 0.3 is 0 Å². The number of Topliss-reactive ketones (excluding diaryl/α,β-unsaturated/α-hetero) is 1. The van der Waals surface area contributed by atoms with Crippen LogP contribution in [0.25, 0.3) is 0 Å². The molecule has 0 saturated heterocycles. The van der Waals surface area contributed by atoms with Crippen LogP contribution in [-0.2, 0) is 11.3 Å². The Balaban J connectivity index is 1.64. The van der Waals surface area contributed by atoms with Crippen molar-refractivity contribution in [3.63, 3.8) is 0 Å². The number of hydrogen-bond donors (Lipinski definition) is 1. The first-order chi connectivity index (χ1) is 11.5. The van der Waals surface area contributed by atoms with Crippen molar-refractivity contribution in [2.75, 3.05) is 6.61 Å². The van der Waals surface area contributed by atoms with Gasteiger partial charge in [-0.15, -0.1) is 0 Å². The molecule has 0 radical (unpaired) electrons. The van der Waals surface area contributed by atoms with Crippen LogP contribution in [0.5, 0.6) is 5.75 Å². The molecule has 0 bridgehead atoms. The van der Waals surface area contributed by atoms with Crippen LogP contribution < -0.4 is 10.1 Å². The maximum Gasteiger partial charge on any atom is 0.220 e. The van der Waals surface area contributed by atoms with E-state index < -0.39 is 0 Å². The summed E-state index contributed by atoms with van der Waals surface area (Å²) in [5, 5.41) is 2.91. The van der Waals surface area contributed by atoms with Gasteiger partial charge < -0.3 is 10.1 Å². The number of benzene rings is 2. The van der Waals surface area contributed by atoms with Gasteiger partial charge in [-0.3, -0.25) is 9.59 Å². The fraction of sp³-hybridized carbons (Fsp3) is 0.300. The summed E-state index contributed by atoms with van der Waals surface area (Å²) in [6.07, 6.45) is 1.07. The van der Waals surface area contributed by atoms with Crippen LogP contribution in [0.15, 0.2) is 48.5 Å². The fourth-order valence-corrected chi connectivity index (χ4v) is 2.32. The van der Waals surface area contributed by atoms with Gasteiger partial charge in [-0.25, -0.2) is 0 Å². The molecule has 4 nitrogen and oxygen atoms in total. The van der Waals surface area contributed by atoms with Crippen molar-refractivity contribution in [1.29, 1.82) is 0 Å². The van der Waals surface area contributed by atoms with Gasteiger partial charge in [0.25, 0.3) is 0 Å². The number of ether oxygens (including phenoxy) is 1. The molecule has 0 unspecified atom stereocenters. The van der Waals surface area contributed by atoms with Crippen molar-refractivity contribution in [3.05, 3.63) is 65.2 Å². The normalized spacial score (nSPS) is 10.2. The topological polar surface area (TPSA) is 55.4 Å². The highest BCUT2D eigenvalue weighted by Gasteiger charge is 2.03. The molecule has 0 fully saturated rings. The molecule has 2 aromatic carbocycles. The minimum Gasteiger partial charge on any atom is -0.494 e. The lowest BCUT2D eigenvalue weighted by atomic mass is 10.1. The Kier molecular flexibility index (Phi) is 6.55. The van der Waals surface area contributed by atoms with E-state index in [-0.39, 0.29) is 11.7 Å². The molecule has 126 valence electrons. The van der Waals surface area contributed by atoms with Crippen molar-refractivity contribution < 1.29 is 14.3 Å². The zero-order chi connectivity index (χ0) is 17.4.